The number of carbonyl (C=O) groups is 1. The SMILES string of the molecule is CN(C)c1ccc(C(=O)Nn2cnc3ccccc32)cc1. The second kappa shape index (κ2) is 5.28. The molecule has 0 atom stereocenters. The molecule has 1 N–H and O–H groups in total. The van der Waals surface area contributed by atoms with Crippen molar-refractivity contribution in [3.8, 4) is 0 Å². The third kappa shape index (κ3) is 2.58. The summed E-state index contributed by atoms with van der Waals surface area (Å²) < 4.78 is 1.64. The van der Waals surface area contributed by atoms with Gasteiger partial charge in [0.2, 0.25) is 0 Å². The van der Waals surface area contributed by atoms with Gasteiger partial charge in [0.15, 0.2) is 0 Å². The topological polar surface area (TPSA) is 50.2 Å². The Morgan fingerprint density at radius 2 is 1.81 bits per heavy atom. The Bertz CT molecular complexity index is 774. The predicted octanol–water partition coefficient (Wildman–Crippen LogP) is 2.49. The van der Waals surface area contributed by atoms with Crippen molar-refractivity contribution in [2.45, 2.75) is 0 Å². The fourth-order valence-electron chi connectivity index (χ4n) is 2.13. The second-order valence-electron chi connectivity index (χ2n) is 4.99. The van der Waals surface area contributed by atoms with Crippen LogP contribution in [-0.2, 0) is 0 Å². The zero-order chi connectivity index (χ0) is 14.8. The maximum atomic E-state index is 12.3. The molecule has 0 aliphatic carbocycles. The molecule has 0 fully saturated rings. The minimum Gasteiger partial charge on any atom is -0.378 e. The van der Waals surface area contributed by atoms with Crippen molar-refractivity contribution in [3.05, 3.63) is 60.4 Å². The van der Waals surface area contributed by atoms with Crippen molar-refractivity contribution in [2.24, 2.45) is 0 Å². The fraction of sp³-hybridized carbons (Fsp3) is 0.125. The lowest BCUT2D eigenvalue weighted by molar-refractivity contribution is 0.101. The Labute approximate surface area is 122 Å². The number of rotatable bonds is 3. The van der Waals surface area contributed by atoms with E-state index in [0.29, 0.717) is 5.56 Å². The first-order valence-electron chi connectivity index (χ1n) is 6.66. The largest absolute Gasteiger partial charge is 0.378 e. The normalized spacial score (nSPS) is 10.6. The summed E-state index contributed by atoms with van der Waals surface area (Å²) in [6.07, 6.45) is 1.61. The number of nitrogens with zero attached hydrogens (tertiary/aromatic N) is 3. The van der Waals surface area contributed by atoms with E-state index in [-0.39, 0.29) is 5.91 Å². The standard InChI is InChI=1S/C16H16N4O/c1-19(2)13-9-7-12(8-10-13)16(21)18-20-11-17-14-5-3-4-6-15(14)20/h3-11H,1-2H3,(H,18,21). The van der Waals surface area contributed by atoms with Gasteiger partial charge in [-0.15, -0.1) is 0 Å². The summed E-state index contributed by atoms with van der Waals surface area (Å²) in [5, 5.41) is 0. The van der Waals surface area contributed by atoms with Crippen LogP contribution in [0.2, 0.25) is 0 Å². The van der Waals surface area contributed by atoms with Gasteiger partial charge in [0, 0.05) is 25.3 Å². The Morgan fingerprint density at radius 1 is 1.10 bits per heavy atom. The minimum absolute atomic E-state index is 0.163. The third-order valence-corrected chi connectivity index (χ3v) is 3.32. The number of carbonyl (C=O) groups excluding carboxylic acids is 1. The molecule has 5 heteroatoms. The van der Waals surface area contributed by atoms with Crippen LogP contribution < -0.4 is 10.3 Å². The summed E-state index contributed by atoms with van der Waals surface area (Å²) in [6.45, 7) is 0. The van der Waals surface area contributed by atoms with E-state index in [1.807, 2.05) is 67.5 Å². The van der Waals surface area contributed by atoms with E-state index < -0.39 is 0 Å². The molecule has 1 aromatic heterocycles. The number of hydrogen-bond acceptors (Lipinski definition) is 3. The number of benzene rings is 2. The van der Waals surface area contributed by atoms with E-state index in [1.54, 1.807) is 11.0 Å². The Hall–Kier alpha value is -2.82. The van der Waals surface area contributed by atoms with Gasteiger partial charge in [-0.1, -0.05) is 12.1 Å². The van der Waals surface area contributed by atoms with Crippen LogP contribution in [0.3, 0.4) is 0 Å². The average Bonchev–Trinajstić information content (AvgIpc) is 2.91. The molecule has 2 aromatic carbocycles. The van der Waals surface area contributed by atoms with Crippen LogP contribution in [0, 0.1) is 0 Å². The van der Waals surface area contributed by atoms with Crippen molar-refractivity contribution < 1.29 is 4.79 Å². The molecule has 1 amide bonds. The molecule has 0 unspecified atom stereocenters. The number of anilines is 1. The van der Waals surface area contributed by atoms with Crippen molar-refractivity contribution in [1.29, 1.82) is 0 Å². The lowest BCUT2D eigenvalue weighted by Crippen LogP contribution is -2.22. The fourth-order valence-corrected chi connectivity index (χ4v) is 2.13. The summed E-state index contributed by atoms with van der Waals surface area (Å²) in [5.41, 5.74) is 6.22. The molecular formula is C16H16N4O. The van der Waals surface area contributed by atoms with Crippen LogP contribution in [-0.4, -0.2) is 29.7 Å². The van der Waals surface area contributed by atoms with E-state index in [1.165, 1.54) is 0 Å². The summed E-state index contributed by atoms with van der Waals surface area (Å²) >= 11 is 0. The number of fused-ring (bicyclic) bond motifs is 1. The number of hydrogen-bond donors (Lipinski definition) is 1. The van der Waals surface area contributed by atoms with Crippen LogP contribution in [0.25, 0.3) is 11.0 Å². The van der Waals surface area contributed by atoms with Gasteiger partial charge >= 0.3 is 0 Å². The summed E-state index contributed by atoms with van der Waals surface area (Å²) in [7, 11) is 3.93. The molecular weight excluding hydrogens is 264 g/mol. The molecule has 21 heavy (non-hydrogen) atoms. The van der Waals surface area contributed by atoms with E-state index in [9.17, 15) is 4.79 Å². The summed E-state index contributed by atoms with van der Waals surface area (Å²) in [4.78, 5) is 18.5. The first kappa shape index (κ1) is 13.2. The highest BCUT2D eigenvalue weighted by atomic mass is 16.2. The number of imidazole rings is 1. The Balaban J connectivity index is 1.83. The van der Waals surface area contributed by atoms with Crippen LogP contribution in [0.5, 0.6) is 0 Å². The zero-order valence-corrected chi connectivity index (χ0v) is 11.9. The van der Waals surface area contributed by atoms with Crippen LogP contribution in [0.15, 0.2) is 54.9 Å². The van der Waals surface area contributed by atoms with Gasteiger partial charge in [-0.05, 0) is 36.4 Å². The van der Waals surface area contributed by atoms with Gasteiger partial charge in [0.25, 0.3) is 5.91 Å². The van der Waals surface area contributed by atoms with Crippen molar-refractivity contribution in [1.82, 2.24) is 9.66 Å². The van der Waals surface area contributed by atoms with Crippen molar-refractivity contribution in [2.75, 3.05) is 24.4 Å². The van der Waals surface area contributed by atoms with Crippen molar-refractivity contribution >= 4 is 22.6 Å². The molecule has 3 rings (SSSR count). The second-order valence-corrected chi connectivity index (χ2v) is 4.99. The molecule has 3 aromatic rings. The van der Waals surface area contributed by atoms with Crippen molar-refractivity contribution in [3.63, 3.8) is 0 Å². The monoisotopic (exact) mass is 280 g/mol. The highest BCUT2D eigenvalue weighted by Crippen LogP contribution is 2.14. The van der Waals surface area contributed by atoms with Gasteiger partial charge in [0.1, 0.15) is 6.33 Å². The Morgan fingerprint density at radius 3 is 2.52 bits per heavy atom. The van der Waals surface area contributed by atoms with E-state index >= 15 is 0 Å². The molecule has 5 nitrogen and oxygen atoms in total. The molecule has 0 bridgehead atoms. The lowest BCUT2D eigenvalue weighted by Gasteiger charge is -2.13. The number of nitrogens with one attached hydrogen (secondary N) is 1. The summed E-state index contributed by atoms with van der Waals surface area (Å²) in [5.74, 6) is -0.163. The maximum Gasteiger partial charge on any atom is 0.270 e. The highest BCUT2D eigenvalue weighted by Gasteiger charge is 2.08. The van der Waals surface area contributed by atoms with Gasteiger partial charge in [-0.3, -0.25) is 10.2 Å². The average molecular weight is 280 g/mol. The minimum atomic E-state index is -0.163. The van der Waals surface area contributed by atoms with Crippen LogP contribution >= 0.6 is 0 Å². The van der Waals surface area contributed by atoms with Gasteiger partial charge in [-0.25, -0.2) is 9.66 Å². The Kier molecular flexibility index (Phi) is 3.31. The number of para-hydroxylation sites is 2. The maximum absolute atomic E-state index is 12.3. The van der Waals surface area contributed by atoms with E-state index in [2.05, 4.69) is 10.4 Å². The molecule has 1 heterocycles. The molecule has 0 radical (unpaired) electrons. The zero-order valence-electron chi connectivity index (χ0n) is 11.9. The van der Waals surface area contributed by atoms with Crippen LogP contribution in [0.4, 0.5) is 5.69 Å². The highest BCUT2D eigenvalue weighted by molar-refractivity contribution is 6.00. The molecule has 0 aliphatic heterocycles. The van der Waals surface area contributed by atoms with E-state index in [4.69, 9.17) is 0 Å². The van der Waals surface area contributed by atoms with Gasteiger partial charge in [-0.2, -0.15) is 0 Å². The molecule has 106 valence electrons. The first-order chi connectivity index (χ1) is 10.1. The third-order valence-electron chi connectivity index (χ3n) is 3.32. The smallest absolute Gasteiger partial charge is 0.270 e. The number of amides is 1. The molecule has 0 saturated carbocycles. The molecule has 0 spiro atoms. The van der Waals surface area contributed by atoms with Gasteiger partial charge < -0.3 is 4.90 Å². The first-order valence-corrected chi connectivity index (χ1v) is 6.66. The summed E-state index contributed by atoms with van der Waals surface area (Å²) in [6, 6.07) is 15.1. The lowest BCUT2D eigenvalue weighted by atomic mass is 10.2. The predicted molar refractivity (Wildman–Crippen MR) is 84.2 cm³/mol. The molecule has 0 saturated heterocycles. The van der Waals surface area contributed by atoms with E-state index in [0.717, 1.165) is 16.7 Å². The number of aromatic nitrogens is 2. The molecule has 0 aliphatic rings. The van der Waals surface area contributed by atoms with Gasteiger partial charge in [0.05, 0.1) is 11.0 Å². The van der Waals surface area contributed by atoms with Crippen LogP contribution in [0.1, 0.15) is 10.4 Å². The quantitative estimate of drug-likeness (QED) is 0.802.